The molecule has 124 valence electrons. The van der Waals surface area contributed by atoms with Gasteiger partial charge in [-0.2, -0.15) is 4.98 Å². The molecule has 2 heterocycles. The van der Waals surface area contributed by atoms with Crippen molar-refractivity contribution in [3.05, 3.63) is 69.8 Å². The highest BCUT2D eigenvalue weighted by atomic mass is 79.9. The molecule has 0 radical (unpaired) electrons. The Bertz CT molecular complexity index is 1080. The zero-order chi connectivity index (χ0) is 17.4. The van der Waals surface area contributed by atoms with Gasteiger partial charge in [-0.05, 0) is 48.2 Å². The Labute approximate surface area is 156 Å². The lowest BCUT2D eigenvalue weighted by Gasteiger charge is -2.09. The normalized spacial score (nSPS) is 11.0. The standard InChI is InChI=1S/C19H12BrFN2OS/c1-11-5-6-16(14(21)9-11)24-19-17-15(7-8-25-17)22-18(23-19)12-3-2-4-13(20)10-12/h2-10H,1H3. The van der Waals surface area contributed by atoms with E-state index in [1.807, 2.05) is 42.6 Å². The number of thiophene rings is 1. The van der Waals surface area contributed by atoms with Gasteiger partial charge in [0.2, 0.25) is 5.88 Å². The summed E-state index contributed by atoms with van der Waals surface area (Å²) < 4.78 is 21.7. The van der Waals surface area contributed by atoms with E-state index >= 15 is 0 Å². The Morgan fingerprint density at radius 2 is 1.96 bits per heavy atom. The second-order valence-electron chi connectivity index (χ2n) is 5.53. The first-order valence-corrected chi connectivity index (χ1v) is 9.22. The molecule has 3 nitrogen and oxygen atoms in total. The van der Waals surface area contributed by atoms with Gasteiger partial charge in [0.05, 0.1) is 5.52 Å². The van der Waals surface area contributed by atoms with Crippen molar-refractivity contribution < 1.29 is 9.13 Å². The minimum atomic E-state index is -0.410. The van der Waals surface area contributed by atoms with Crippen molar-refractivity contribution in [1.29, 1.82) is 0 Å². The van der Waals surface area contributed by atoms with Gasteiger partial charge < -0.3 is 4.74 Å². The van der Waals surface area contributed by atoms with Crippen LogP contribution in [0, 0.1) is 12.7 Å². The van der Waals surface area contributed by atoms with Gasteiger partial charge in [0.25, 0.3) is 0 Å². The summed E-state index contributed by atoms with van der Waals surface area (Å²) >= 11 is 4.92. The second kappa shape index (κ2) is 6.54. The highest BCUT2D eigenvalue weighted by Crippen LogP contribution is 2.34. The van der Waals surface area contributed by atoms with Crippen molar-refractivity contribution in [2.75, 3.05) is 0 Å². The maximum absolute atomic E-state index is 14.2. The van der Waals surface area contributed by atoms with Gasteiger partial charge in [-0.25, -0.2) is 9.37 Å². The van der Waals surface area contributed by atoms with Gasteiger partial charge in [-0.15, -0.1) is 11.3 Å². The fourth-order valence-electron chi connectivity index (χ4n) is 2.46. The number of hydrogen-bond acceptors (Lipinski definition) is 4. The number of benzene rings is 2. The summed E-state index contributed by atoms with van der Waals surface area (Å²) in [6.45, 7) is 1.83. The Morgan fingerprint density at radius 1 is 1.08 bits per heavy atom. The predicted molar refractivity (Wildman–Crippen MR) is 102 cm³/mol. The lowest BCUT2D eigenvalue weighted by Crippen LogP contribution is -1.96. The van der Waals surface area contributed by atoms with E-state index in [1.165, 1.54) is 17.4 Å². The van der Waals surface area contributed by atoms with E-state index in [0.717, 1.165) is 25.8 Å². The maximum atomic E-state index is 14.2. The lowest BCUT2D eigenvalue weighted by molar-refractivity contribution is 0.432. The van der Waals surface area contributed by atoms with Crippen molar-refractivity contribution in [1.82, 2.24) is 9.97 Å². The highest BCUT2D eigenvalue weighted by molar-refractivity contribution is 9.10. The van der Waals surface area contributed by atoms with Crippen LogP contribution in [0.15, 0.2) is 58.4 Å². The molecule has 0 amide bonds. The molecule has 0 unspecified atom stereocenters. The molecule has 0 atom stereocenters. The highest BCUT2D eigenvalue weighted by Gasteiger charge is 2.14. The number of ether oxygens (including phenoxy) is 1. The smallest absolute Gasteiger partial charge is 0.241 e. The summed E-state index contributed by atoms with van der Waals surface area (Å²) in [7, 11) is 0. The number of hydrogen-bond donors (Lipinski definition) is 0. The first-order chi connectivity index (χ1) is 12.1. The minimum absolute atomic E-state index is 0.152. The van der Waals surface area contributed by atoms with Gasteiger partial charge in [0.1, 0.15) is 4.70 Å². The lowest BCUT2D eigenvalue weighted by atomic mass is 10.2. The zero-order valence-electron chi connectivity index (χ0n) is 13.2. The van der Waals surface area contributed by atoms with Crippen LogP contribution in [0.5, 0.6) is 11.6 Å². The van der Waals surface area contributed by atoms with E-state index in [1.54, 1.807) is 12.1 Å². The predicted octanol–water partition coefficient (Wildman–Crippen LogP) is 6.36. The number of rotatable bonds is 3. The van der Waals surface area contributed by atoms with Crippen LogP contribution in [-0.4, -0.2) is 9.97 Å². The summed E-state index contributed by atoms with van der Waals surface area (Å²) in [5.74, 6) is 0.638. The van der Waals surface area contributed by atoms with E-state index in [2.05, 4.69) is 25.9 Å². The topological polar surface area (TPSA) is 35.0 Å². The Balaban J connectivity index is 1.83. The van der Waals surface area contributed by atoms with Gasteiger partial charge >= 0.3 is 0 Å². The van der Waals surface area contributed by atoms with Crippen molar-refractivity contribution in [2.24, 2.45) is 0 Å². The molecule has 0 bridgehead atoms. The van der Waals surface area contributed by atoms with Crippen LogP contribution >= 0.6 is 27.3 Å². The molecule has 6 heteroatoms. The number of nitrogens with zero attached hydrogens (tertiary/aromatic N) is 2. The molecule has 0 spiro atoms. The third-order valence-corrected chi connectivity index (χ3v) is 5.03. The van der Waals surface area contributed by atoms with Crippen LogP contribution in [0.25, 0.3) is 21.6 Å². The molecule has 2 aromatic heterocycles. The molecule has 4 aromatic rings. The third-order valence-electron chi connectivity index (χ3n) is 3.65. The van der Waals surface area contributed by atoms with Crippen LogP contribution in [0.1, 0.15) is 5.56 Å². The summed E-state index contributed by atoms with van der Waals surface area (Å²) in [5, 5.41) is 1.92. The van der Waals surface area contributed by atoms with Crippen molar-refractivity contribution >= 4 is 37.5 Å². The van der Waals surface area contributed by atoms with Crippen LogP contribution in [0.3, 0.4) is 0 Å². The molecule has 4 rings (SSSR count). The second-order valence-corrected chi connectivity index (χ2v) is 7.37. The van der Waals surface area contributed by atoms with Crippen molar-refractivity contribution in [3.8, 4) is 23.0 Å². The van der Waals surface area contributed by atoms with E-state index in [0.29, 0.717) is 11.7 Å². The Hall–Kier alpha value is -2.31. The first-order valence-electron chi connectivity index (χ1n) is 7.55. The van der Waals surface area contributed by atoms with Gasteiger partial charge in [0.15, 0.2) is 17.4 Å². The zero-order valence-corrected chi connectivity index (χ0v) is 15.6. The average Bonchev–Trinajstić information content (AvgIpc) is 3.06. The van der Waals surface area contributed by atoms with Crippen LogP contribution in [-0.2, 0) is 0 Å². The number of halogens is 2. The first kappa shape index (κ1) is 16.2. The monoisotopic (exact) mass is 414 g/mol. The van der Waals surface area contributed by atoms with Crippen LogP contribution < -0.4 is 4.74 Å². The molecule has 0 saturated heterocycles. The number of fused-ring (bicyclic) bond motifs is 1. The number of aromatic nitrogens is 2. The fourth-order valence-corrected chi connectivity index (χ4v) is 3.61. The Kier molecular flexibility index (Phi) is 4.23. The summed E-state index contributed by atoms with van der Waals surface area (Å²) in [6, 6.07) is 14.5. The molecule has 0 aliphatic rings. The molecule has 0 saturated carbocycles. The van der Waals surface area contributed by atoms with E-state index in [4.69, 9.17) is 4.74 Å². The molecule has 0 fully saturated rings. The molecular weight excluding hydrogens is 403 g/mol. The minimum Gasteiger partial charge on any atom is -0.434 e. The fraction of sp³-hybridized carbons (Fsp3) is 0.0526. The van der Waals surface area contributed by atoms with Gasteiger partial charge in [-0.1, -0.05) is 34.1 Å². The van der Waals surface area contributed by atoms with Gasteiger partial charge in [-0.3, -0.25) is 0 Å². The van der Waals surface area contributed by atoms with Gasteiger partial charge in [0, 0.05) is 10.0 Å². The summed E-state index contributed by atoms with van der Waals surface area (Å²) in [5.41, 5.74) is 2.47. The molecule has 0 aliphatic heterocycles. The summed E-state index contributed by atoms with van der Waals surface area (Å²) in [4.78, 5) is 9.12. The molecule has 25 heavy (non-hydrogen) atoms. The van der Waals surface area contributed by atoms with Crippen molar-refractivity contribution in [3.63, 3.8) is 0 Å². The van der Waals surface area contributed by atoms with Crippen LogP contribution in [0.4, 0.5) is 4.39 Å². The average molecular weight is 415 g/mol. The van der Waals surface area contributed by atoms with Crippen LogP contribution in [0.2, 0.25) is 0 Å². The third kappa shape index (κ3) is 3.27. The summed E-state index contributed by atoms with van der Waals surface area (Å²) in [6.07, 6.45) is 0. The molecule has 0 aliphatic carbocycles. The molecular formula is C19H12BrFN2OS. The quantitative estimate of drug-likeness (QED) is 0.391. The Morgan fingerprint density at radius 3 is 2.76 bits per heavy atom. The molecule has 0 N–H and O–H groups in total. The molecule has 2 aromatic carbocycles. The van der Waals surface area contributed by atoms with E-state index in [-0.39, 0.29) is 5.75 Å². The number of aryl methyl sites for hydroxylation is 1. The van der Waals surface area contributed by atoms with E-state index < -0.39 is 5.82 Å². The maximum Gasteiger partial charge on any atom is 0.241 e. The van der Waals surface area contributed by atoms with Crippen molar-refractivity contribution in [2.45, 2.75) is 6.92 Å². The largest absolute Gasteiger partial charge is 0.434 e. The SMILES string of the molecule is Cc1ccc(Oc2nc(-c3cccc(Br)c3)nc3ccsc23)c(F)c1. The van der Waals surface area contributed by atoms with E-state index in [9.17, 15) is 4.39 Å².